The third-order valence-electron chi connectivity index (χ3n) is 3.68. The Labute approximate surface area is 226 Å². The monoisotopic (exact) mass is 476 g/mol. The third kappa shape index (κ3) is 10.4. The van der Waals surface area contributed by atoms with E-state index in [-0.39, 0.29) is 70.4 Å². The first-order valence-electron chi connectivity index (χ1n) is 8.84. The van der Waals surface area contributed by atoms with E-state index < -0.39 is 5.97 Å². The molecule has 0 aromatic heterocycles. The van der Waals surface area contributed by atoms with Crippen molar-refractivity contribution in [3.05, 3.63) is 53.6 Å². The van der Waals surface area contributed by atoms with Crippen LogP contribution in [0.25, 0.3) is 0 Å². The molecule has 162 valence electrons. The van der Waals surface area contributed by atoms with Gasteiger partial charge in [-0.3, -0.25) is 9.83 Å². The van der Waals surface area contributed by atoms with E-state index in [9.17, 15) is 14.8 Å². The van der Waals surface area contributed by atoms with Crippen molar-refractivity contribution in [1.82, 2.24) is 0 Å². The fraction of sp³-hybridized carbons (Fsp3) is 0.300. The molecule has 31 heavy (non-hydrogen) atoms. The van der Waals surface area contributed by atoms with E-state index in [0.717, 1.165) is 12.0 Å². The second-order valence-corrected chi connectivity index (χ2v) is 6.59. The summed E-state index contributed by atoms with van der Waals surface area (Å²) in [4.78, 5) is 24.3. The second-order valence-electron chi connectivity index (χ2n) is 5.82. The van der Waals surface area contributed by atoms with Crippen LogP contribution >= 0.6 is 12.0 Å². The van der Waals surface area contributed by atoms with Crippen molar-refractivity contribution >= 4 is 23.8 Å². The molecule has 0 amide bonds. The molecule has 0 unspecified atom stereocenters. The quantitative estimate of drug-likeness (QED) is 0.0705. The minimum Gasteiger partial charge on any atom is -0.691 e. The molecule has 0 atom stereocenters. The number of hydrogen-bond acceptors (Lipinski definition) is 10. The van der Waals surface area contributed by atoms with Crippen molar-refractivity contribution in [2.24, 2.45) is 0 Å². The number of carbonyl (C=O) groups is 2. The van der Waals surface area contributed by atoms with E-state index in [0.29, 0.717) is 40.7 Å². The van der Waals surface area contributed by atoms with Crippen LogP contribution in [0.2, 0.25) is 0 Å². The molecule has 0 aliphatic heterocycles. The average molecular weight is 477 g/mol. The maximum atomic E-state index is 12.1. The topological polar surface area (TPSA) is 113 Å². The fourth-order valence-corrected chi connectivity index (χ4v) is 2.62. The van der Waals surface area contributed by atoms with E-state index in [1.807, 2.05) is 0 Å². The zero-order chi connectivity index (χ0) is 21.8. The summed E-state index contributed by atoms with van der Waals surface area (Å²) in [7, 11) is 1.57. The average Bonchev–Trinajstić information content (AvgIpc) is 2.75. The molecule has 2 aromatic carbocycles. The van der Waals surface area contributed by atoms with Gasteiger partial charge in [0.25, 0.3) is 0 Å². The molecule has 0 bridgehead atoms. The van der Waals surface area contributed by atoms with Crippen molar-refractivity contribution < 1.29 is 94.6 Å². The van der Waals surface area contributed by atoms with Gasteiger partial charge in [0.1, 0.15) is 31.3 Å². The Hall–Kier alpha value is -0.994. The normalized spacial score (nSPS) is 10.2. The van der Waals surface area contributed by atoms with Crippen LogP contribution in [0.15, 0.2) is 47.4 Å². The number of ketones is 1. The van der Waals surface area contributed by atoms with Gasteiger partial charge >= 0.3 is 57.4 Å². The van der Waals surface area contributed by atoms with Gasteiger partial charge in [-0.05, 0) is 43.3 Å². The molecule has 0 fully saturated rings. The molecule has 0 N–H and O–H groups in total. The summed E-state index contributed by atoms with van der Waals surface area (Å²) in [5.41, 5.74) is 0.774. The number of carbonyl (C=O) groups excluding carboxylic acids is 2. The summed E-state index contributed by atoms with van der Waals surface area (Å²) in [5, 5.41) is 13.1. The van der Waals surface area contributed by atoms with Crippen LogP contribution in [0.3, 0.4) is 0 Å². The summed E-state index contributed by atoms with van der Waals surface area (Å²) < 4.78 is 25.4. The second kappa shape index (κ2) is 15.8. The molecule has 0 spiro atoms. The number of Topliss-reactive ketones (excluding diaryl/α,β-unsaturated/α-hetero) is 1. The Bertz CT molecular complexity index is 830. The van der Waals surface area contributed by atoms with Crippen molar-refractivity contribution in [2.45, 2.75) is 11.8 Å². The SMILES string of the molecule is COCCOc1cc(OCCOC(=O)c2ccc(SOO[O-])cc2)cc(C(C)=O)c1.[K+]. The number of rotatable bonds is 13. The molecule has 11 heteroatoms. The van der Waals surface area contributed by atoms with Gasteiger partial charge in [-0.25, -0.2) is 4.79 Å². The van der Waals surface area contributed by atoms with Gasteiger partial charge in [0, 0.05) is 23.6 Å². The van der Waals surface area contributed by atoms with Gasteiger partial charge < -0.3 is 24.2 Å². The van der Waals surface area contributed by atoms with Crippen LogP contribution < -0.4 is 66.1 Å². The Morgan fingerprint density at radius 1 is 0.903 bits per heavy atom. The third-order valence-corrected chi connectivity index (χ3v) is 4.26. The Morgan fingerprint density at radius 2 is 1.52 bits per heavy atom. The van der Waals surface area contributed by atoms with Crippen LogP contribution in [0.4, 0.5) is 0 Å². The molecular formula is C20H21KO9S. The largest absolute Gasteiger partial charge is 1.00 e. The minimum absolute atomic E-state index is 0. The zero-order valence-electron chi connectivity index (χ0n) is 17.5. The molecular weight excluding hydrogens is 455 g/mol. The van der Waals surface area contributed by atoms with Crippen LogP contribution in [0, 0.1) is 0 Å². The smallest absolute Gasteiger partial charge is 0.691 e. The van der Waals surface area contributed by atoms with Crippen molar-refractivity contribution in [3.63, 3.8) is 0 Å². The fourth-order valence-electron chi connectivity index (χ4n) is 2.26. The summed E-state index contributed by atoms with van der Waals surface area (Å²) in [6.07, 6.45) is 0. The summed E-state index contributed by atoms with van der Waals surface area (Å²) in [6, 6.07) is 11.1. The Morgan fingerprint density at radius 3 is 2.06 bits per heavy atom. The molecule has 9 nitrogen and oxygen atoms in total. The first-order chi connectivity index (χ1) is 14.5. The standard InChI is InChI=1S/C20H22O9S.K/c1-14(21)16-11-17(25-8-7-24-2)13-18(12-16)26-9-10-27-20(22)15-3-5-19(6-4-15)30-29-28-23;/h3-6,11-13,23H,7-10H2,1-2H3;/q;+1/p-1. The van der Waals surface area contributed by atoms with Crippen LogP contribution in [0.1, 0.15) is 27.6 Å². The molecule has 0 aliphatic carbocycles. The molecule has 0 radical (unpaired) electrons. The molecule has 0 saturated carbocycles. The molecule has 2 rings (SSSR count). The van der Waals surface area contributed by atoms with Crippen LogP contribution in [-0.4, -0.2) is 45.3 Å². The zero-order valence-corrected chi connectivity index (χ0v) is 21.4. The maximum Gasteiger partial charge on any atom is 1.00 e. The van der Waals surface area contributed by atoms with Gasteiger partial charge in [0.05, 0.1) is 24.2 Å². The van der Waals surface area contributed by atoms with E-state index in [4.69, 9.17) is 18.9 Å². The summed E-state index contributed by atoms with van der Waals surface area (Å²) in [6.45, 7) is 2.29. The van der Waals surface area contributed by atoms with Crippen molar-refractivity contribution in [1.29, 1.82) is 0 Å². The van der Waals surface area contributed by atoms with Gasteiger partial charge in [-0.1, -0.05) is 0 Å². The van der Waals surface area contributed by atoms with E-state index in [1.54, 1.807) is 37.4 Å². The minimum atomic E-state index is -0.530. The number of ether oxygens (including phenoxy) is 4. The predicted molar refractivity (Wildman–Crippen MR) is 104 cm³/mol. The summed E-state index contributed by atoms with van der Waals surface area (Å²) >= 11 is 0.722. The van der Waals surface area contributed by atoms with E-state index in [1.165, 1.54) is 19.1 Å². The predicted octanol–water partition coefficient (Wildman–Crippen LogP) is -0.615. The number of methoxy groups -OCH3 is 1. The number of hydrogen-bond donors (Lipinski definition) is 0. The van der Waals surface area contributed by atoms with Crippen LogP contribution in [-0.2, 0) is 18.8 Å². The molecule has 2 aromatic rings. The van der Waals surface area contributed by atoms with Crippen LogP contribution in [0.5, 0.6) is 11.5 Å². The number of benzene rings is 2. The molecule has 0 saturated heterocycles. The summed E-state index contributed by atoms with van der Waals surface area (Å²) in [5.74, 6) is 0.249. The van der Waals surface area contributed by atoms with Gasteiger partial charge in [-0.2, -0.15) is 4.33 Å². The van der Waals surface area contributed by atoms with E-state index >= 15 is 0 Å². The first kappa shape index (κ1) is 28.0. The Balaban J connectivity index is 0.00000480. The van der Waals surface area contributed by atoms with Gasteiger partial charge in [-0.15, -0.1) is 0 Å². The van der Waals surface area contributed by atoms with Gasteiger partial charge in [0.15, 0.2) is 5.78 Å². The maximum absolute atomic E-state index is 12.1. The van der Waals surface area contributed by atoms with E-state index in [2.05, 4.69) is 9.37 Å². The van der Waals surface area contributed by atoms with Crippen molar-refractivity contribution in [3.8, 4) is 11.5 Å². The first-order valence-corrected chi connectivity index (χ1v) is 9.58. The molecule has 0 heterocycles. The number of esters is 1. The Kier molecular flexibility index (Phi) is 14.2. The van der Waals surface area contributed by atoms with Gasteiger partial charge in [0.2, 0.25) is 0 Å². The molecule has 0 aliphatic rings. The van der Waals surface area contributed by atoms with Crippen molar-refractivity contribution in [2.75, 3.05) is 33.5 Å².